The van der Waals surface area contributed by atoms with E-state index in [1.165, 1.54) is 0 Å². The number of para-hydroxylation sites is 1. The number of anilines is 1. The number of benzene rings is 1. The molecule has 1 aliphatic heterocycles. The van der Waals surface area contributed by atoms with Crippen LogP contribution in [0.4, 0.5) is 5.69 Å². The minimum absolute atomic E-state index is 0.337. The molecular weight excluding hydrogens is 239 g/mol. The third-order valence-corrected chi connectivity index (χ3v) is 3.91. The number of fused-ring (bicyclic) bond motifs is 1. The molecule has 1 N–H and O–H groups in total. The van der Waals surface area contributed by atoms with E-state index in [9.17, 15) is 13.2 Å². The molecule has 0 aliphatic carbocycles. The maximum atomic E-state index is 12.0. The normalized spacial score (nSPS) is 18.2. The molecule has 1 aliphatic rings. The van der Waals surface area contributed by atoms with Crippen molar-refractivity contribution in [1.82, 2.24) is 4.31 Å². The van der Waals surface area contributed by atoms with E-state index in [4.69, 9.17) is 0 Å². The minimum atomic E-state index is -3.75. The Balaban J connectivity index is 2.61. The van der Waals surface area contributed by atoms with Crippen LogP contribution in [0.5, 0.6) is 0 Å². The van der Waals surface area contributed by atoms with E-state index < -0.39 is 22.2 Å². The molecule has 0 aromatic heterocycles. The molecule has 1 aromatic rings. The first-order chi connectivity index (χ1) is 7.43. The highest BCUT2D eigenvalue weighted by Crippen LogP contribution is 2.27. The second-order valence-corrected chi connectivity index (χ2v) is 5.40. The summed E-state index contributed by atoms with van der Waals surface area (Å²) < 4.78 is 26.8. The molecule has 86 valence electrons. The van der Waals surface area contributed by atoms with Gasteiger partial charge >= 0.3 is 10.2 Å². The van der Waals surface area contributed by atoms with Gasteiger partial charge in [-0.15, -0.1) is 0 Å². The van der Waals surface area contributed by atoms with Crippen molar-refractivity contribution in [2.24, 2.45) is 0 Å². The van der Waals surface area contributed by atoms with Crippen LogP contribution in [0.3, 0.4) is 0 Å². The molecule has 1 amide bonds. The highest BCUT2D eigenvalue weighted by atomic mass is 32.2. The van der Waals surface area contributed by atoms with Crippen LogP contribution >= 0.6 is 0 Å². The lowest BCUT2D eigenvalue weighted by Gasteiger charge is -2.31. The molecule has 0 atom stereocenters. The van der Waals surface area contributed by atoms with Gasteiger partial charge in [0.05, 0.1) is 11.3 Å². The third-order valence-electron chi connectivity index (χ3n) is 2.32. The molecule has 1 heterocycles. The van der Waals surface area contributed by atoms with Gasteiger partial charge in [-0.2, -0.15) is 8.42 Å². The summed E-state index contributed by atoms with van der Waals surface area (Å²) in [7, 11) is -3.75. The molecule has 16 heavy (non-hydrogen) atoms. The molecular formula is C10H12N2O3S. The van der Waals surface area contributed by atoms with Gasteiger partial charge < -0.3 is 0 Å². The zero-order valence-electron chi connectivity index (χ0n) is 8.97. The van der Waals surface area contributed by atoms with Gasteiger partial charge in [0.1, 0.15) is 0 Å². The van der Waals surface area contributed by atoms with E-state index in [1.54, 1.807) is 38.1 Å². The molecule has 0 unspecified atom stereocenters. The van der Waals surface area contributed by atoms with Gasteiger partial charge in [-0.25, -0.2) is 4.31 Å². The smallest absolute Gasteiger partial charge is 0.268 e. The van der Waals surface area contributed by atoms with E-state index >= 15 is 0 Å². The molecule has 0 saturated heterocycles. The summed E-state index contributed by atoms with van der Waals surface area (Å²) in [6.45, 7) is 3.32. The van der Waals surface area contributed by atoms with Gasteiger partial charge in [0.25, 0.3) is 5.91 Å². The van der Waals surface area contributed by atoms with Crippen molar-refractivity contribution in [3.05, 3.63) is 29.8 Å². The molecule has 0 fully saturated rings. The van der Waals surface area contributed by atoms with Crippen LogP contribution in [0.25, 0.3) is 0 Å². The number of carbonyl (C=O) groups is 1. The number of nitrogens with zero attached hydrogens (tertiary/aromatic N) is 1. The van der Waals surface area contributed by atoms with E-state index in [2.05, 4.69) is 4.72 Å². The van der Waals surface area contributed by atoms with E-state index in [0.717, 1.165) is 4.31 Å². The van der Waals surface area contributed by atoms with Gasteiger partial charge in [0.15, 0.2) is 0 Å². The van der Waals surface area contributed by atoms with Crippen LogP contribution in [0.2, 0.25) is 0 Å². The SMILES string of the molecule is [13CH3][13CH]([13CH3])N1[13C](=O)[13c]2[13cH][13cH][13cH][13cH][13c]2[15NH]S1(=O)=O. The second kappa shape index (κ2) is 3.48. The number of amides is 1. The van der Waals surface area contributed by atoms with Crippen molar-refractivity contribution in [2.45, 2.75) is 19.9 Å². The topological polar surface area (TPSA) is 66.5 Å². The predicted octanol–water partition coefficient (Wildman–Crippen LogP) is 1.21. The molecule has 0 saturated carbocycles. The van der Waals surface area contributed by atoms with Crippen molar-refractivity contribution in [2.75, 3.05) is 4.72 Å². The maximum absolute atomic E-state index is 12.0. The number of nitrogens with one attached hydrogen (secondary N) is 1. The van der Waals surface area contributed by atoms with Crippen LogP contribution in [-0.4, -0.2) is 24.7 Å². The van der Waals surface area contributed by atoms with E-state index in [1.807, 2.05) is 0 Å². The van der Waals surface area contributed by atoms with Crippen LogP contribution in [-0.2, 0) is 10.2 Å². The molecule has 0 bridgehead atoms. The van der Waals surface area contributed by atoms with Gasteiger partial charge in [-0.3, -0.25) is 9.52 Å². The number of hydrogen-bond donors (Lipinski definition) is 1. The lowest BCUT2D eigenvalue weighted by molar-refractivity contribution is 0.0834. The average Bonchev–Trinajstić information content (AvgIpc) is 2.15. The van der Waals surface area contributed by atoms with E-state index in [-0.39, 0.29) is 0 Å². The molecule has 5 nitrogen and oxygen atoms in total. The lowest BCUT2D eigenvalue weighted by atomic mass is 11.1. The quantitative estimate of drug-likeness (QED) is 0.602. The Bertz CT molecular complexity index is 537. The van der Waals surface area contributed by atoms with Crippen LogP contribution in [0.1, 0.15) is 24.2 Å². The molecule has 1 aromatic carbocycles. The Morgan fingerprint density at radius 3 is 2.50 bits per heavy atom. The number of hydrogen-bond acceptors (Lipinski definition) is 3. The first-order valence-corrected chi connectivity index (χ1v) is 6.33. The van der Waals surface area contributed by atoms with Gasteiger partial charge in [0.2, 0.25) is 0 Å². The molecule has 6 heteroatoms. The van der Waals surface area contributed by atoms with Crippen LogP contribution in [0.15, 0.2) is 24.3 Å². The highest BCUT2D eigenvalue weighted by Gasteiger charge is 2.36. The summed E-state index contributed by atoms with van der Waals surface area (Å²) in [5.41, 5.74) is 0.718. The van der Waals surface area contributed by atoms with Crippen LogP contribution in [0, 0.1) is 0 Å². The van der Waals surface area contributed by atoms with E-state index in [0.29, 0.717) is 11.3 Å². The van der Waals surface area contributed by atoms with Crippen molar-refractivity contribution < 1.29 is 13.2 Å². The Labute approximate surface area is 94.3 Å². The maximum Gasteiger partial charge on any atom is 0.326 e. The first kappa shape index (κ1) is 10.9. The predicted molar refractivity (Wildman–Crippen MR) is 60.3 cm³/mol. The minimum Gasteiger partial charge on any atom is -0.268 e. The summed E-state index contributed by atoms with van der Waals surface area (Å²) in [4.78, 5) is 12.0. The summed E-state index contributed by atoms with van der Waals surface area (Å²) in [6.07, 6.45) is 0. The molecule has 0 radical (unpaired) electrons. The number of rotatable bonds is 1. The fraction of sp³-hybridized carbons (Fsp3) is 0.300. The fourth-order valence-corrected chi connectivity index (χ4v) is 3.11. The molecule has 2 rings (SSSR count). The average molecular weight is 251 g/mol. The Kier molecular flexibility index (Phi) is 2.38. The summed E-state index contributed by atoms with van der Waals surface area (Å²) in [5.74, 6) is -0.482. The third kappa shape index (κ3) is 1.55. The number of carbonyl (C=O) groups excluding carboxylic acids is 1. The van der Waals surface area contributed by atoms with Gasteiger partial charge in [-0.1, -0.05) is 12.1 Å². The van der Waals surface area contributed by atoms with Gasteiger partial charge in [0, 0.05) is 6.04 Å². The zero-order valence-corrected chi connectivity index (χ0v) is 9.78. The Morgan fingerprint density at radius 2 is 1.88 bits per heavy atom. The second-order valence-electron chi connectivity index (χ2n) is 3.85. The largest absolute Gasteiger partial charge is 0.326 e. The van der Waals surface area contributed by atoms with Crippen LogP contribution < -0.4 is 4.72 Å². The summed E-state index contributed by atoms with van der Waals surface area (Å²) in [6, 6.07) is 6.16. The summed E-state index contributed by atoms with van der Waals surface area (Å²) >= 11 is 0. The first-order valence-electron chi connectivity index (χ1n) is 4.89. The van der Waals surface area contributed by atoms with Crippen molar-refractivity contribution in [3.8, 4) is 0 Å². The van der Waals surface area contributed by atoms with Gasteiger partial charge in [-0.05, 0) is 26.0 Å². The Morgan fingerprint density at radius 1 is 1.25 bits per heavy atom. The highest BCUT2D eigenvalue weighted by molar-refractivity contribution is 7.91. The lowest BCUT2D eigenvalue weighted by Crippen LogP contribution is -2.48. The van der Waals surface area contributed by atoms with Crippen molar-refractivity contribution in [1.29, 1.82) is 0 Å². The zero-order chi connectivity index (χ0) is 11.9. The fourth-order valence-electron chi connectivity index (χ4n) is 1.69. The standard InChI is InChI=1S/C10H12N2O3S/c1-7(2)12-10(13)8-5-3-4-6-9(8)11-16(12,14)15/h3-7,11H,1-2H3/i1+1,2+1,3+1,4+1,5+1,6+1,7+1,8+1,9+1,10+1,11+1. The van der Waals surface area contributed by atoms with Crippen molar-refractivity contribution >= 4 is 21.8 Å². The molecule has 0 spiro atoms. The summed E-state index contributed by atoms with van der Waals surface area (Å²) in [5, 5.41) is 0. The Hall–Kier alpha value is -1.56. The van der Waals surface area contributed by atoms with Crippen molar-refractivity contribution in [3.63, 3.8) is 0 Å². The monoisotopic (exact) mass is 251 g/mol.